The number of benzene rings is 2. The first-order chi connectivity index (χ1) is 17.5. The van der Waals surface area contributed by atoms with Crippen LogP contribution in [0.4, 0.5) is 0 Å². The molecule has 2 aromatic carbocycles. The molecule has 0 fully saturated rings. The topological polar surface area (TPSA) is 63.2 Å². The van der Waals surface area contributed by atoms with E-state index in [-0.39, 0.29) is 23.5 Å². The summed E-state index contributed by atoms with van der Waals surface area (Å²) in [5.41, 5.74) is 3.84. The molecule has 2 unspecified atom stereocenters. The Morgan fingerprint density at radius 2 is 1.54 bits per heavy atom. The van der Waals surface area contributed by atoms with Crippen LogP contribution in [0.15, 0.2) is 53.4 Å². The first-order valence-electron chi connectivity index (χ1n) is 13.5. The summed E-state index contributed by atoms with van der Waals surface area (Å²) in [5, 5.41) is 2.87. The minimum atomic E-state index is -0.0236. The van der Waals surface area contributed by atoms with Gasteiger partial charge in [0, 0.05) is 24.7 Å². The van der Waals surface area contributed by atoms with Crippen molar-refractivity contribution in [1.82, 2.24) is 5.32 Å². The molecule has 2 aromatic rings. The highest BCUT2D eigenvalue weighted by Crippen LogP contribution is 2.29. The van der Waals surface area contributed by atoms with E-state index in [2.05, 4.69) is 61.8 Å². The molecule has 2 rings (SSSR count). The molecule has 1 amide bonds. The molecule has 37 heavy (non-hydrogen) atoms. The van der Waals surface area contributed by atoms with E-state index in [1.807, 2.05) is 37.7 Å². The average molecular weight is 528 g/mol. The summed E-state index contributed by atoms with van der Waals surface area (Å²) < 4.78 is 0. The van der Waals surface area contributed by atoms with Crippen LogP contribution in [-0.4, -0.2) is 23.7 Å². The third kappa shape index (κ3) is 16.9. The van der Waals surface area contributed by atoms with Gasteiger partial charge < -0.3 is 14.9 Å². The SMILES string of the molecule is CC(=O)CCCc1cccc(C(C)NC(C)=O)c1.CCC(C)=O.CCCCC(C)c1ccccc1SC. The van der Waals surface area contributed by atoms with Gasteiger partial charge in [0.05, 0.1) is 6.04 Å². The lowest BCUT2D eigenvalue weighted by Crippen LogP contribution is -2.23. The van der Waals surface area contributed by atoms with Crippen molar-refractivity contribution in [2.75, 3.05) is 6.26 Å². The normalized spacial score (nSPS) is 11.7. The Kier molecular flexibility index (Phi) is 19.3. The van der Waals surface area contributed by atoms with E-state index in [4.69, 9.17) is 0 Å². The summed E-state index contributed by atoms with van der Waals surface area (Å²) in [6.45, 7) is 13.1. The van der Waals surface area contributed by atoms with E-state index in [0.717, 1.165) is 18.4 Å². The minimum absolute atomic E-state index is 0.0234. The summed E-state index contributed by atoms with van der Waals surface area (Å²) in [5.74, 6) is 1.17. The lowest BCUT2D eigenvalue weighted by Gasteiger charge is -2.14. The number of nitrogens with one attached hydrogen (secondary N) is 1. The first kappa shape index (κ1) is 34.6. The lowest BCUT2D eigenvalue weighted by molar-refractivity contribution is -0.120. The second-order valence-corrected chi connectivity index (χ2v) is 10.4. The number of carbonyl (C=O) groups excluding carboxylic acids is 3. The molecule has 2 atom stereocenters. The van der Waals surface area contributed by atoms with Gasteiger partial charge in [0.15, 0.2) is 0 Å². The quantitative estimate of drug-likeness (QED) is 0.281. The molecule has 0 aliphatic rings. The Labute approximate surface area is 230 Å². The maximum Gasteiger partial charge on any atom is 0.217 e. The highest BCUT2D eigenvalue weighted by Gasteiger charge is 2.09. The Balaban J connectivity index is 0.000000605. The Morgan fingerprint density at radius 1 is 0.892 bits per heavy atom. The van der Waals surface area contributed by atoms with Crippen LogP contribution < -0.4 is 5.32 Å². The van der Waals surface area contributed by atoms with Gasteiger partial charge in [-0.15, -0.1) is 11.8 Å². The maximum absolute atomic E-state index is 11.0. The fourth-order valence-electron chi connectivity index (χ4n) is 3.69. The molecule has 0 aliphatic carbocycles. The number of rotatable bonds is 12. The standard InChI is InChI=1S/C15H21NO2.C13H20S.C4H8O/c1-11(17)6-4-7-14-8-5-9-15(10-14)12(2)16-13(3)18;1-4-5-8-11(2)12-9-6-7-10-13(12)14-3;1-3-4(2)5/h5,8-10,12H,4,6-7H2,1-3H3,(H,16,18);6-7,9-11H,4-5,8H2,1-3H3;3H2,1-2H3. The van der Waals surface area contributed by atoms with Crippen molar-refractivity contribution < 1.29 is 14.4 Å². The van der Waals surface area contributed by atoms with Crippen LogP contribution in [0.5, 0.6) is 0 Å². The number of hydrogen-bond acceptors (Lipinski definition) is 4. The Hall–Kier alpha value is -2.40. The van der Waals surface area contributed by atoms with Crippen LogP contribution in [0.3, 0.4) is 0 Å². The molecule has 0 bridgehead atoms. The van der Waals surface area contributed by atoms with Crippen molar-refractivity contribution >= 4 is 29.2 Å². The largest absolute Gasteiger partial charge is 0.350 e. The smallest absolute Gasteiger partial charge is 0.217 e. The highest BCUT2D eigenvalue weighted by atomic mass is 32.2. The fourth-order valence-corrected chi connectivity index (χ4v) is 4.41. The summed E-state index contributed by atoms with van der Waals surface area (Å²) >= 11 is 1.86. The van der Waals surface area contributed by atoms with Gasteiger partial charge in [0.1, 0.15) is 11.6 Å². The van der Waals surface area contributed by atoms with Gasteiger partial charge in [-0.25, -0.2) is 0 Å². The fraction of sp³-hybridized carbons (Fsp3) is 0.531. The maximum atomic E-state index is 11.0. The van der Waals surface area contributed by atoms with Gasteiger partial charge in [-0.1, -0.05) is 76.1 Å². The van der Waals surface area contributed by atoms with Gasteiger partial charge in [-0.2, -0.15) is 0 Å². The number of unbranched alkanes of at least 4 members (excludes halogenated alkanes) is 1. The zero-order chi connectivity index (χ0) is 28.2. The van der Waals surface area contributed by atoms with E-state index < -0.39 is 0 Å². The molecule has 0 heterocycles. The lowest BCUT2D eigenvalue weighted by atomic mass is 9.96. The van der Waals surface area contributed by atoms with Gasteiger partial charge in [0.25, 0.3) is 0 Å². The van der Waals surface area contributed by atoms with Crippen molar-refractivity contribution in [3.63, 3.8) is 0 Å². The molecule has 0 aromatic heterocycles. The van der Waals surface area contributed by atoms with Gasteiger partial charge in [0.2, 0.25) is 5.91 Å². The average Bonchev–Trinajstić information content (AvgIpc) is 2.87. The molecule has 0 saturated carbocycles. The first-order valence-corrected chi connectivity index (χ1v) is 14.8. The van der Waals surface area contributed by atoms with Crippen molar-refractivity contribution in [1.29, 1.82) is 0 Å². The number of aryl methyl sites for hydroxylation is 1. The second kappa shape index (κ2) is 20.6. The van der Waals surface area contributed by atoms with Crippen molar-refractivity contribution in [3.8, 4) is 0 Å². The summed E-state index contributed by atoms with van der Waals surface area (Å²) in [6, 6.07) is 17.0. The van der Waals surface area contributed by atoms with E-state index in [9.17, 15) is 14.4 Å². The minimum Gasteiger partial charge on any atom is -0.350 e. The van der Waals surface area contributed by atoms with Gasteiger partial charge >= 0.3 is 0 Å². The molecule has 0 saturated heterocycles. The predicted octanol–water partition coefficient (Wildman–Crippen LogP) is 8.48. The van der Waals surface area contributed by atoms with Crippen LogP contribution in [0.25, 0.3) is 0 Å². The van der Waals surface area contributed by atoms with E-state index in [1.54, 1.807) is 13.8 Å². The van der Waals surface area contributed by atoms with Crippen molar-refractivity contribution in [2.24, 2.45) is 0 Å². The van der Waals surface area contributed by atoms with Gasteiger partial charge in [-0.05, 0) is 75.0 Å². The molecule has 0 spiro atoms. The molecular weight excluding hydrogens is 478 g/mol. The third-order valence-corrected chi connectivity index (χ3v) is 6.84. The van der Waals surface area contributed by atoms with E-state index in [0.29, 0.717) is 18.8 Å². The van der Waals surface area contributed by atoms with Crippen LogP contribution >= 0.6 is 11.8 Å². The summed E-state index contributed by atoms with van der Waals surface area (Å²) in [4.78, 5) is 33.1. The van der Waals surface area contributed by atoms with Crippen LogP contribution in [0.2, 0.25) is 0 Å². The second-order valence-electron chi connectivity index (χ2n) is 9.56. The van der Waals surface area contributed by atoms with Crippen LogP contribution in [0.1, 0.15) is 116 Å². The van der Waals surface area contributed by atoms with E-state index in [1.165, 1.54) is 42.2 Å². The molecular formula is C32H49NO3S. The third-order valence-electron chi connectivity index (χ3n) is 6.02. The molecule has 5 heteroatoms. The number of hydrogen-bond donors (Lipinski definition) is 1. The van der Waals surface area contributed by atoms with Crippen molar-refractivity contribution in [3.05, 3.63) is 65.2 Å². The van der Waals surface area contributed by atoms with Crippen molar-refractivity contribution in [2.45, 2.75) is 110 Å². The Bertz CT molecular complexity index is 941. The number of Topliss-reactive ketones (excluding diaryl/α,β-unsaturated/α-hetero) is 2. The van der Waals surface area contributed by atoms with Gasteiger partial charge in [-0.3, -0.25) is 4.79 Å². The number of amides is 1. The zero-order valence-electron chi connectivity index (χ0n) is 24.4. The number of carbonyl (C=O) groups is 3. The monoisotopic (exact) mass is 527 g/mol. The summed E-state index contributed by atoms with van der Waals surface area (Å²) in [6.07, 6.45) is 9.19. The predicted molar refractivity (Wildman–Crippen MR) is 159 cm³/mol. The van der Waals surface area contributed by atoms with Crippen LogP contribution in [-0.2, 0) is 20.8 Å². The van der Waals surface area contributed by atoms with Crippen LogP contribution in [0, 0.1) is 0 Å². The highest BCUT2D eigenvalue weighted by molar-refractivity contribution is 7.98. The number of thioether (sulfide) groups is 1. The molecule has 0 aliphatic heterocycles. The Morgan fingerprint density at radius 3 is 2.08 bits per heavy atom. The number of ketones is 2. The zero-order valence-corrected chi connectivity index (χ0v) is 25.2. The summed E-state index contributed by atoms with van der Waals surface area (Å²) in [7, 11) is 0. The molecule has 1 N–H and O–H groups in total. The molecule has 0 radical (unpaired) electrons. The molecule has 206 valence electrons. The van der Waals surface area contributed by atoms with E-state index >= 15 is 0 Å². The molecule has 4 nitrogen and oxygen atoms in total.